The van der Waals surface area contributed by atoms with Crippen LogP contribution < -0.4 is 10.6 Å². The second kappa shape index (κ2) is 7.72. The van der Waals surface area contributed by atoms with E-state index in [0.29, 0.717) is 22.6 Å². The van der Waals surface area contributed by atoms with Crippen molar-refractivity contribution in [3.63, 3.8) is 0 Å². The number of rotatable bonds is 6. The van der Waals surface area contributed by atoms with E-state index in [9.17, 15) is 9.59 Å². The molecule has 1 aliphatic carbocycles. The van der Waals surface area contributed by atoms with Gasteiger partial charge in [0.2, 0.25) is 0 Å². The van der Waals surface area contributed by atoms with E-state index >= 15 is 0 Å². The Hall–Kier alpha value is -2.31. The maximum absolute atomic E-state index is 12.0. The van der Waals surface area contributed by atoms with Crippen LogP contribution in [0, 0.1) is 0 Å². The lowest BCUT2D eigenvalue weighted by Crippen LogP contribution is -2.21. The van der Waals surface area contributed by atoms with Gasteiger partial charge >= 0.3 is 5.97 Å². The van der Waals surface area contributed by atoms with E-state index in [1.165, 1.54) is 6.20 Å². The lowest BCUT2D eigenvalue weighted by molar-refractivity contribution is -0.119. The van der Waals surface area contributed by atoms with E-state index in [0.717, 1.165) is 12.8 Å². The van der Waals surface area contributed by atoms with Crippen LogP contribution in [-0.4, -0.2) is 29.5 Å². The van der Waals surface area contributed by atoms with E-state index in [1.807, 2.05) is 0 Å². The van der Waals surface area contributed by atoms with Crippen LogP contribution >= 0.6 is 23.2 Å². The van der Waals surface area contributed by atoms with Crippen LogP contribution in [0.25, 0.3) is 0 Å². The Morgan fingerprint density at radius 2 is 2.00 bits per heavy atom. The van der Waals surface area contributed by atoms with Gasteiger partial charge in [0, 0.05) is 12.2 Å². The van der Waals surface area contributed by atoms with Crippen molar-refractivity contribution in [1.82, 2.24) is 4.98 Å². The van der Waals surface area contributed by atoms with Crippen molar-refractivity contribution in [3.8, 4) is 0 Å². The number of carbonyl (C=O) groups excluding carboxylic acids is 2. The van der Waals surface area contributed by atoms with Gasteiger partial charge in [-0.1, -0.05) is 29.3 Å². The summed E-state index contributed by atoms with van der Waals surface area (Å²) in [5.41, 5.74) is 0.627. The van der Waals surface area contributed by atoms with Crippen molar-refractivity contribution in [2.45, 2.75) is 18.9 Å². The molecule has 2 aromatic rings. The molecule has 1 aromatic carbocycles. The first-order chi connectivity index (χ1) is 12.0. The van der Waals surface area contributed by atoms with Gasteiger partial charge in [0.25, 0.3) is 5.91 Å². The highest BCUT2D eigenvalue weighted by atomic mass is 35.5. The van der Waals surface area contributed by atoms with Crippen molar-refractivity contribution in [2.24, 2.45) is 0 Å². The van der Waals surface area contributed by atoms with Gasteiger partial charge in [-0.05, 0) is 37.1 Å². The van der Waals surface area contributed by atoms with Crippen molar-refractivity contribution in [2.75, 3.05) is 17.2 Å². The molecule has 0 aliphatic heterocycles. The van der Waals surface area contributed by atoms with E-state index in [1.54, 1.807) is 30.3 Å². The molecule has 0 saturated heterocycles. The second-order valence-corrected chi connectivity index (χ2v) is 6.36. The van der Waals surface area contributed by atoms with E-state index in [4.69, 9.17) is 27.9 Å². The monoisotopic (exact) mass is 379 g/mol. The first kappa shape index (κ1) is 17.5. The average Bonchev–Trinajstić information content (AvgIpc) is 3.41. The third-order valence-electron chi connectivity index (χ3n) is 3.49. The summed E-state index contributed by atoms with van der Waals surface area (Å²) in [7, 11) is 0. The number of hydrogen-bond donors (Lipinski definition) is 2. The zero-order valence-corrected chi connectivity index (χ0v) is 14.6. The number of esters is 1. The van der Waals surface area contributed by atoms with Gasteiger partial charge in [0.15, 0.2) is 6.61 Å². The van der Waals surface area contributed by atoms with Crippen molar-refractivity contribution in [3.05, 3.63) is 52.1 Å². The van der Waals surface area contributed by atoms with Crippen LogP contribution in [0.15, 0.2) is 36.5 Å². The summed E-state index contributed by atoms with van der Waals surface area (Å²) >= 11 is 11.9. The third-order valence-corrected chi connectivity index (χ3v) is 4.31. The molecule has 0 bridgehead atoms. The molecule has 25 heavy (non-hydrogen) atoms. The molecule has 1 fully saturated rings. The largest absolute Gasteiger partial charge is 0.452 e. The maximum Gasteiger partial charge on any atom is 0.340 e. The minimum atomic E-state index is -0.627. The second-order valence-electron chi connectivity index (χ2n) is 5.58. The zero-order valence-electron chi connectivity index (χ0n) is 13.1. The number of hydrogen-bond acceptors (Lipinski definition) is 5. The predicted molar refractivity (Wildman–Crippen MR) is 96.3 cm³/mol. The summed E-state index contributed by atoms with van der Waals surface area (Å²) in [5.74, 6) is -0.428. The Bertz CT molecular complexity index is 792. The fourth-order valence-corrected chi connectivity index (χ4v) is 2.39. The lowest BCUT2D eigenvalue weighted by Gasteiger charge is -2.09. The first-order valence-corrected chi connectivity index (χ1v) is 8.42. The molecule has 3 rings (SSSR count). The number of aromatic nitrogens is 1. The minimum Gasteiger partial charge on any atom is -0.452 e. The van der Waals surface area contributed by atoms with Gasteiger partial charge in [-0.15, -0.1) is 0 Å². The molecule has 1 heterocycles. The van der Waals surface area contributed by atoms with Crippen LogP contribution in [0.2, 0.25) is 10.0 Å². The summed E-state index contributed by atoms with van der Waals surface area (Å²) in [4.78, 5) is 28.0. The van der Waals surface area contributed by atoms with Gasteiger partial charge < -0.3 is 15.4 Å². The van der Waals surface area contributed by atoms with Crippen LogP contribution in [0.1, 0.15) is 23.2 Å². The van der Waals surface area contributed by atoms with Gasteiger partial charge in [0.05, 0.1) is 21.3 Å². The lowest BCUT2D eigenvalue weighted by atomic mass is 10.3. The maximum atomic E-state index is 12.0. The standard InChI is InChI=1S/C17H15Cl2N3O3/c18-12-2-1-3-13(16(12)19)22-15(23)9-25-17(24)10-4-7-14(20-8-10)21-11-5-6-11/h1-4,7-8,11H,5-6,9H2,(H,20,21)(H,22,23). The number of nitrogens with zero attached hydrogens (tertiary/aromatic N) is 1. The van der Waals surface area contributed by atoms with Crippen LogP contribution in [0.4, 0.5) is 11.5 Å². The molecule has 0 atom stereocenters. The molecule has 1 saturated carbocycles. The molecule has 130 valence electrons. The van der Waals surface area contributed by atoms with E-state index in [2.05, 4.69) is 15.6 Å². The number of halogens is 2. The Balaban J connectivity index is 1.50. The molecule has 1 amide bonds. The summed E-state index contributed by atoms with van der Waals surface area (Å²) in [6.07, 6.45) is 3.69. The molecule has 8 heteroatoms. The van der Waals surface area contributed by atoms with Gasteiger partial charge in [0.1, 0.15) is 5.82 Å². The zero-order chi connectivity index (χ0) is 17.8. The van der Waals surface area contributed by atoms with Crippen LogP contribution in [0.3, 0.4) is 0 Å². The normalized spacial score (nSPS) is 13.2. The summed E-state index contributed by atoms with van der Waals surface area (Å²) < 4.78 is 4.98. The third kappa shape index (κ3) is 4.84. The number of benzene rings is 1. The Morgan fingerprint density at radius 3 is 2.68 bits per heavy atom. The number of anilines is 2. The molecular weight excluding hydrogens is 365 g/mol. The fourth-order valence-electron chi connectivity index (χ4n) is 2.04. The Kier molecular flexibility index (Phi) is 5.40. The summed E-state index contributed by atoms with van der Waals surface area (Å²) in [5, 5.41) is 6.31. The average molecular weight is 380 g/mol. The number of carbonyl (C=O) groups is 2. The van der Waals surface area contributed by atoms with Crippen LogP contribution in [-0.2, 0) is 9.53 Å². The molecule has 0 radical (unpaired) electrons. The quantitative estimate of drug-likeness (QED) is 0.746. The number of ether oxygens (including phenoxy) is 1. The highest BCUT2D eigenvalue weighted by molar-refractivity contribution is 6.44. The number of pyridine rings is 1. The van der Waals surface area contributed by atoms with Crippen molar-refractivity contribution >= 4 is 46.6 Å². The van der Waals surface area contributed by atoms with Gasteiger partial charge in [-0.3, -0.25) is 4.79 Å². The van der Waals surface area contributed by atoms with Crippen LogP contribution in [0.5, 0.6) is 0 Å². The smallest absolute Gasteiger partial charge is 0.340 e. The molecule has 2 N–H and O–H groups in total. The number of amides is 1. The highest BCUT2D eigenvalue weighted by Crippen LogP contribution is 2.29. The van der Waals surface area contributed by atoms with Crippen molar-refractivity contribution < 1.29 is 14.3 Å². The summed E-state index contributed by atoms with van der Waals surface area (Å²) in [6.45, 7) is -0.441. The SMILES string of the molecule is O=C(COC(=O)c1ccc(NC2CC2)nc1)Nc1cccc(Cl)c1Cl. The first-order valence-electron chi connectivity index (χ1n) is 7.66. The van der Waals surface area contributed by atoms with E-state index in [-0.39, 0.29) is 10.6 Å². The Labute approximate surface area is 154 Å². The van der Waals surface area contributed by atoms with Crippen molar-refractivity contribution in [1.29, 1.82) is 0 Å². The molecule has 1 aromatic heterocycles. The fraction of sp³-hybridized carbons (Fsp3) is 0.235. The minimum absolute atomic E-state index is 0.229. The molecule has 0 spiro atoms. The Morgan fingerprint density at radius 1 is 1.20 bits per heavy atom. The number of nitrogens with one attached hydrogen (secondary N) is 2. The summed E-state index contributed by atoms with van der Waals surface area (Å²) in [6, 6.07) is 8.65. The molecular formula is C17H15Cl2N3O3. The molecule has 0 unspecified atom stereocenters. The van der Waals surface area contributed by atoms with E-state index < -0.39 is 18.5 Å². The van der Waals surface area contributed by atoms with Gasteiger partial charge in [-0.25, -0.2) is 9.78 Å². The molecule has 1 aliphatic rings. The molecule has 6 nitrogen and oxygen atoms in total. The topological polar surface area (TPSA) is 80.3 Å². The predicted octanol–water partition coefficient (Wildman–Crippen LogP) is 3.76. The highest BCUT2D eigenvalue weighted by Gasteiger charge is 2.21. The van der Waals surface area contributed by atoms with Gasteiger partial charge in [-0.2, -0.15) is 0 Å².